The first-order chi connectivity index (χ1) is 11.5. The Morgan fingerprint density at radius 3 is 2.08 bits per heavy atom. The summed E-state index contributed by atoms with van der Waals surface area (Å²) in [4.78, 5) is 48.8. The molecule has 1 fully saturated rings. The van der Waals surface area contributed by atoms with Crippen molar-refractivity contribution in [1.82, 2.24) is 4.90 Å². The summed E-state index contributed by atoms with van der Waals surface area (Å²) >= 11 is 0. The van der Waals surface area contributed by atoms with Gasteiger partial charge in [-0.3, -0.25) is 24.1 Å². The Morgan fingerprint density at radius 2 is 1.58 bits per heavy atom. The van der Waals surface area contributed by atoms with Crippen molar-refractivity contribution in [1.29, 1.82) is 0 Å². The quantitative estimate of drug-likeness (QED) is 0.626. The van der Waals surface area contributed by atoms with Gasteiger partial charge in [-0.25, -0.2) is 0 Å². The van der Waals surface area contributed by atoms with Crippen LogP contribution < -0.4 is 11.1 Å². The summed E-state index contributed by atoms with van der Waals surface area (Å²) in [6.45, 7) is -0.303. The molecule has 1 heterocycles. The number of nitrogens with two attached hydrogens (primary N) is 1. The molecular weight excluding hydrogens is 310 g/mol. The third kappa shape index (κ3) is 2.92. The Bertz CT molecular complexity index is 713. The SMILES string of the molecule is NC(=O)c1ccc(NC(=O)CN2C(=O)[C@H]3CC=CC[C@H]3C2=O)cc1. The molecule has 0 aromatic heterocycles. The lowest BCUT2D eigenvalue weighted by molar-refractivity contribution is -0.142. The van der Waals surface area contributed by atoms with Crippen molar-refractivity contribution in [3.63, 3.8) is 0 Å². The van der Waals surface area contributed by atoms with E-state index in [1.165, 1.54) is 24.3 Å². The van der Waals surface area contributed by atoms with Gasteiger partial charge in [-0.2, -0.15) is 0 Å². The Balaban J connectivity index is 1.63. The maximum absolute atomic E-state index is 12.3. The molecule has 0 unspecified atom stereocenters. The maximum Gasteiger partial charge on any atom is 0.248 e. The Kier molecular flexibility index (Phi) is 4.16. The predicted octanol–water partition coefficient (Wildman–Crippen LogP) is 0.675. The monoisotopic (exact) mass is 327 g/mol. The molecule has 1 aliphatic carbocycles. The van der Waals surface area contributed by atoms with Crippen LogP contribution in [0.25, 0.3) is 0 Å². The summed E-state index contributed by atoms with van der Waals surface area (Å²) in [6, 6.07) is 6.05. The Morgan fingerprint density at radius 1 is 1.04 bits per heavy atom. The number of likely N-dealkylation sites (tertiary alicyclic amines) is 1. The van der Waals surface area contributed by atoms with Crippen LogP contribution in [-0.4, -0.2) is 35.1 Å². The summed E-state index contributed by atoms with van der Waals surface area (Å²) in [7, 11) is 0. The third-order valence-electron chi connectivity index (χ3n) is 4.35. The number of rotatable bonds is 4. The van der Waals surface area contributed by atoms with Gasteiger partial charge < -0.3 is 11.1 Å². The van der Waals surface area contributed by atoms with E-state index in [-0.39, 0.29) is 30.2 Å². The molecule has 2 atom stereocenters. The molecule has 1 aromatic carbocycles. The molecule has 7 heteroatoms. The van der Waals surface area contributed by atoms with Gasteiger partial charge in [-0.1, -0.05) is 12.2 Å². The zero-order chi connectivity index (χ0) is 17.3. The first kappa shape index (κ1) is 15.9. The number of nitrogens with zero attached hydrogens (tertiary/aromatic N) is 1. The minimum atomic E-state index is -0.558. The number of primary amides is 1. The van der Waals surface area contributed by atoms with Gasteiger partial charge in [0.2, 0.25) is 23.6 Å². The van der Waals surface area contributed by atoms with Crippen LogP contribution in [0.4, 0.5) is 5.69 Å². The molecule has 4 amide bonds. The van der Waals surface area contributed by atoms with E-state index in [0.29, 0.717) is 24.1 Å². The van der Waals surface area contributed by atoms with Crippen LogP contribution >= 0.6 is 0 Å². The number of imide groups is 1. The molecule has 2 aliphatic rings. The number of hydrogen-bond acceptors (Lipinski definition) is 4. The average Bonchev–Trinajstić information content (AvgIpc) is 2.81. The first-order valence-corrected chi connectivity index (χ1v) is 7.67. The number of anilines is 1. The van der Waals surface area contributed by atoms with Crippen LogP contribution in [0.5, 0.6) is 0 Å². The van der Waals surface area contributed by atoms with Crippen molar-refractivity contribution in [3.05, 3.63) is 42.0 Å². The highest BCUT2D eigenvalue weighted by molar-refractivity contribution is 6.08. The normalized spacial score (nSPS) is 22.4. The van der Waals surface area contributed by atoms with E-state index < -0.39 is 11.8 Å². The zero-order valence-electron chi connectivity index (χ0n) is 12.9. The molecule has 0 saturated carbocycles. The van der Waals surface area contributed by atoms with E-state index in [1.807, 2.05) is 12.2 Å². The zero-order valence-corrected chi connectivity index (χ0v) is 12.9. The molecule has 1 saturated heterocycles. The molecule has 0 bridgehead atoms. The molecule has 1 aromatic rings. The minimum Gasteiger partial charge on any atom is -0.366 e. The van der Waals surface area contributed by atoms with E-state index in [1.54, 1.807) is 0 Å². The van der Waals surface area contributed by atoms with Crippen molar-refractivity contribution in [2.75, 3.05) is 11.9 Å². The fraction of sp³-hybridized carbons (Fsp3) is 0.294. The highest BCUT2D eigenvalue weighted by Crippen LogP contribution is 2.34. The molecule has 3 N–H and O–H groups in total. The number of fused-ring (bicyclic) bond motifs is 1. The molecule has 124 valence electrons. The van der Waals surface area contributed by atoms with Gasteiger partial charge in [0.05, 0.1) is 11.8 Å². The van der Waals surface area contributed by atoms with Gasteiger partial charge in [0.1, 0.15) is 6.54 Å². The van der Waals surface area contributed by atoms with Gasteiger partial charge >= 0.3 is 0 Å². The fourth-order valence-electron chi connectivity index (χ4n) is 3.09. The molecule has 0 spiro atoms. The summed E-state index contributed by atoms with van der Waals surface area (Å²) in [5.74, 6) is -2.27. The van der Waals surface area contributed by atoms with Crippen molar-refractivity contribution in [2.45, 2.75) is 12.8 Å². The maximum atomic E-state index is 12.3. The highest BCUT2D eigenvalue weighted by Gasteiger charge is 2.47. The van der Waals surface area contributed by atoms with Crippen molar-refractivity contribution < 1.29 is 19.2 Å². The minimum absolute atomic E-state index is 0.284. The average molecular weight is 327 g/mol. The lowest BCUT2D eigenvalue weighted by Crippen LogP contribution is -2.38. The van der Waals surface area contributed by atoms with Gasteiger partial charge in [-0.15, -0.1) is 0 Å². The summed E-state index contributed by atoms with van der Waals surface area (Å²) in [5, 5.41) is 2.60. The molecular formula is C17H17N3O4. The molecule has 1 aliphatic heterocycles. The van der Waals surface area contributed by atoms with Crippen LogP contribution in [0.1, 0.15) is 23.2 Å². The van der Waals surface area contributed by atoms with E-state index in [9.17, 15) is 19.2 Å². The van der Waals surface area contributed by atoms with Crippen molar-refractivity contribution in [3.8, 4) is 0 Å². The first-order valence-electron chi connectivity index (χ1n) is 7.67. The van der Waals surface area contributed by atoms with Crippen LogP contribution in [0.2, 0.25) is 0 Å². The Labute approximate surface area is 138 Å². The number of hydrogen-bond donors (Lipinski definition) is 2. The van der Waals surface area contributed by atoms with E-state index in [4.69, 9.17) is 5.73 Å². The highest BCUT2D eigenvalue weighted by atomic mass is 16.2. The van der Waals surface area contributed by atoms with Crippen molar-refractivity contribution in [2.24, 2.45) is 17.6 Å². The van der Waals surface area contributed by atoms with Crippen LogP contribution in [0.15, 0.2) is 36.4 Å². The number of carbonyl (C=O) groups excluding carboxylic acids is 4. The van der Waals surface area contributed by atoms with E-state index >= 15 is 0 Å². The topological polar surface area (TPSA) is 110 Å². The number of nitrogens with one attached hydrogen (secondary N) is 1. The Hall–Kier alpha value is -2.96. The van der Waals surface area contributed by atoms with Gasteiger partial charge in [0.25, 0.3) is 0 Å². The molecule has 0 radical (unpaired) electrons. The fourth-order valence-corrected chi connectivity index (χ4v) is 3.09. The van der Waals surface area contributed by atoms with Gasteiger partial charge in [0.15, 0.2) is 0 Å². The summed E-state index contributed by atoms with van der Waals surface area (Å²) in [5.41, 5.74) is 5.94. The standard InChI is InChI=1S/C17H17N3O4/c18-15(22)10-5-7-11(8-6-10)19-14(21)9-20-16(23)12-3-1-2-4-13(12)17(20)24/h1-2,5-8,12-13H,3-4,9H2,(H2,18,22)(H,19,21)/t12-,13+. The van der Waals surface area contributed by atoms with E-state index in [2.05, 4.69) is 5.32 Å². The molecule has 7 nitrogen and oxygen atoms in total. The van der Waals surface area contributed by atoms with Crippen molar-refractivity contribution >= 4 is 29.3 Å². The summed E-state index contributed by atoms with van der Waals surface area (Å²) < 4.78 is 0. The third-order valence-corrected chi connectivity index (χ3v) is 4.35. The van der Waals surface area contributed by atoms with Crippen LogP contribution in [0.3, 0.4) is 0 Å². The number of amides is 4. The second-order valence-corrected chi connectivity index (χ2v) is 5.91. The number of benzene rings is 1. The smallest absolute Gasteiger partial charge is 0.248 e. The predicted molar refractivity (Wildman–Crippen MR) is 85.7 cm³/mol. The number of carbonyl (C=O) groups is 4. The van der Waals surface area contributed by atoms with Crippen LogP contribution in [0, 0.1) is 11.8 Å². The number of allylic oxidation sites excluding steroid dienone is 2. The second-order valence-electron chi connectivity index (χ2n) is 5.91. The lowest BCUT2D eigenvalue weighted by Gasteiger charge is -2.14. The van der Waals surface area contributed by atoms with Gasteiger partial charge in [-0.05, 0) is 37.1 Å². The molecule has 3 rings (SSSR count). The second kappa shape index (κ2) is 6.27. The summed E-state index contributed by atoms with van der Waals surface area (Å²) in [6.07, 6.45) is 4.89. The van der Waals surface area contributed by atoms with Gasteiger partial charge in [0, 0.05) is 11.3 Å². The van der Waals surface area contributed by atoms with E-state index in [0.717, 1.165) is 4.90 Å². The van der Waals surface area contributed by atoms with Crippen LogP contribution in [-0.2, 0) is 14.4 Å². The lowest BCUT2D eigenvalue weighted by atomic mass is 9.85. The largest absolute Gasteiger partial charge is 0.366 e. The molecule has 24 heavy (non-hydrogen) atoms.